The third-order valence-corrected chi connectivity index (χ3v) is 5.75. The number of rotatable bonds is 5. The molecule has 1 amide bonds. The summed E-state index contributed by atoms with van der Waals surface area (Å²) in [6.45, 7) is 6.12. The van der Waals surface area contributed by atoms with Crippen LogP contribution < -0.4 is 10.6 Å². The molecular formula is C20H33Cl2N3O2. The van der Waals surface area contributed by atoms with E-state index in [1.54, 1.807) is 7.11 Å². The van der Waals surface area contributed by atoms with Crippen LogP contribution in [0.4, 0.5) is 5.69 Å². The fourth-order valence-corrected chi connectivity index (χ4v) is 3.92. The zero-order chi connectivity index (χ0) is 17.7. The molecule has 1 atom stereocenters. The van der Waals surface area contributed by atoms with Crippen molar-refractivity contribution in [1.29, 1.82) is 0 Å². The van der Waals surface area contributed by atoms with E-state index in [-0.39, 0.29) is 30.7 Å². The van der Waals surface area contributed by atoms with Crippen molar-refractivity contribution in [3.8, 4) is 0 Å². The molecule has 1 unspecified atom stereocenters. The summed E-state index contributed by atoms with van der Waals surface area (Å²) in [4.78, 5) is 15.2. The number of anilines is 1. The van der Waals surface area contributed by atoms with Crippen LogP contribution >= 0.6 is 24.8 Å². The highest BCUT2D eigenvalue weighted by Gasteiger charge is 2.39. The fraction of sp³-hybridized carbons (Fsp3) is 0.650. The second-order valence-electron chi connectivity index (χ2n) is 7.41. The first-order chi connectivity index (χ1) is 12.1. The molecule has 0 bridgehead atoms. The van der Waals surface area contributed by atoms with Gasteiger partial charge < -0.3 is 15.4 Å². The Morgan fingerprint density at radius 1 is 1.22 bits per heavy atom. The Kier molecular flexibility index (Phi) is 10.1. The first-order valence-electron chi connectivity index (χ1n) is 9.53. The summed E-state index contributed by atoms with van der Waals surface area (Å²) >= 11 is 0. The molecule has 3 rings (SSSR count). The first-order valence-corrected chi connectivity index (χ1v) is 9.53. The molecule has 0 spiro atoms. The Balaban J connectivity index is 0.00000182. The van der Waals surface area contributed by atoms with Crippen molar-refractivity contribution in [3.05, 3.63) is 29.8 Å². The molecule has 2 heterocycles. The van der Waals surface area contributed by atoms with Crippen molar-refractivity contribution in [2.24, 2.45) is 0 Å². The number of nitrogens with one attached hydrogen (secondary N) is 2. The maximum absolute atomic E-state index is 12.7. The summed E-state index contributed by atoms with van der Waals surface area (Å²) in [7, 11) is 1.63. The number of methoxy groups -OCH3 is 1. The molecule has 0 aromatic heterocycles. The lowest BCUT2D eigenvalue weighted by molar-refractivity contribution is -0.140. The zero-order valence-electron chi connectivity index (χ0n) is 16.3. The monoisotopic (exact) mass is 417 g/mol. The van der Waals surface area contributed by atoms with Gasteiger partial charge in [0.2, 0.25) is 0 Å². The summed E-state index contributed by atoms with van der Waals surface area (Å²) in [5, 5.41) is 6.32. The zero-order valence-corrected chi connectivity index (χ0v) is 18.0. The second-order valence-corrected chi connectivity index (χ2v) is 7.41. The average Bonchev–Trinajstić information content (AvgIpc) is 2.65. The van der Waals surface area contributed by atoms with E-state index < -0.39 is 5.60 Å². The highest BCUT2D eigenvalue weighted by atomic mass is 35.5. The normalized spacial score (nSPS) is 22.2. The van der Waals surface area contributed by atoms with Crippen molar-refractivity contribution in [2.75, 3.05) is 32.1 Å². The van der Waals surface area contributed by atoms with E-state index in [4.69, 9.17) is 4.74 Å². The molecule has 27 heavy (non-hydrogen) atoms. The molecular weight excluding hydrogens is 385 g/mol. The molecule has 5 nitrogen and oxygen atoms in total. The Bertz CT molecular complexity index is 577. The average molecular weight is 418 g/mol. The molecule has 2 aliphatic heterocycles. The maximum Gasteiger partial charge on any atom is 0.256 e. The van der Waals surface area contributed by atoms with Crippen LogP contribution in [-0.4, -0.2) is 49.2 Å². The van der Waals surface area contributed by atoms with Gasteiger partial charge in [0.15, 0.2) is 0 Å². The van der Waals surface area contributed by atoms with Gasteiger partial charge in [-0.15, -0.1) is 24.8 Å². The smallest absolute Gasteiger partial charge is 0.256 e. The van der Waals surface area contributed by atoms with Crippen molar-refractivity contribution in [1.82, 2.24) is 10.2 Å². The molecule has 2 saturated heterocycles. The van der Waals surface area contributed by atoms with E-state index in [9.17, 15) is 4.79 Å². The van der Waals surface area contributed by atoms with E-state index >= 15 is 0 Å². The van der Waals surface area contributed by atoms with Crippen LogP contribution in [0, 0.1) is 0 Å². The molecule has 2 aliphatic rings. The second kappa shape index (κ2) is 11.2. The van der Waals surface area contributed by atoms with Gasteiger partial charge in [-0.05, 0) is 69.9 Å². The third kappa shape index (κ3) is 6.06. The lowest BCUT2D eigenvalue weighted by Crippen LogP contribution is -2.51. The first kappa shape index (κ1) is 24.2. The summed E-state index contributed by atoms with van der Waals surface area (Å²) < 4.78 is 5.59. The molecule has 0 radical (unpaired) electrons. The third-order valence-electron chi connectivity index (χ3n) is 5.75. The number of carbonyl (C=O) groups is 1. The van der Waals surface area contributed by atoms with Crippen molar-refractivity contribution in [2.45, 2.75) is 57.2 Å². The van der Waals surface area contributed by atoms with Gasteiger partial charge in [0.1, 0.15) is 5.60 Å². The largest absolute Gasteiger partial charge is 0.368 e. The van der Waals surface area contributed by atoms with E-state index in [1.165, 1.54) is 31.4 Å². The van der Waals surface area contributed by atoms with Gasteiger partial charge in [-0.2, -0.15) is 0 Å². The molecule has 154 valence electrons. The molecule has 1 aromatic rings. The van der Waals surface area contributed by atoms with Crippen LogP contribution in [0.3, 0.4) is 0 Å². The molecule has 0 aliphatic carbocycles. The van der Waals surface area contributed by atoms with Crippen molar-refractivity contribution in [3.63, 3.8) is 0 Å². The number of benzene rings is 1. The number of nitrogens with zero attached hydrogens (tertiary/aromatic N) is 1. The van der Waals surface area contributed by atoms with E-state index in [0.29, 0.717) is 18.9 Å². The Labute approximate surface area is 175 Å². The standard InChI is InChI=1S/C20H31N3O2.2ClH/c1-16-5-3-4-14-23(16)15-17-6-8-18(9-7-17)22-19(24)20(25-2)10-12-21-13-11-20;;/h6-9,16,21H,3-5,10-15H2,1-2H3,(H,22,24);2*1H. The predicted molar refractivity (Wildman–Crippen MR) is 115 cm³/mol. The van der Waals surface area contributed by atoms with E-state index in [1.807, 2.05) is 12.1 Å². The predicted octanol–water partition coefficient (Wildman–Crippen LogP) is 3.61. The van der Waals surface area contributed by atoms with Gasteiger partial charge in [-0.25, -0.2) is 0 Å². The van der Waals surface area contributed by atoms with E-state index in [0.717, 1.165) is 25.3 Å². The van der Waals surface area contributed by atoms with Crippen LogP contribution in [0.5, 0.6) is 0 Å². The van der Waals surface area contributed by atoms with Gasteiger partial charge >= 0.3 is 0 Å². The minimum Gasteiger partial charge on any atom is -0.368 e. The molecule has 1 aromatic carbocycles. The minimum absolute atomic E-state index is 0. The number of halogens is 2. The number of amides is 1. The van der Waals surface area contributed by atoms with Gasteiger partial charge in [0, 0.05) is 25.4 Å². The van der Waals surface area contributed by atoms with E-state index in [2.05, 4.69) is 34.6 Å². The number of hydrogen-bond donors (Lipinski definition) is 2. The van der Waals surface area contributed by atoms with Gasteiger partial charge in [0.25, 0.3) is 5.91 Å². The van der Waals surface area contributed by atoms with Crippen molar-refractivity contribution >= 4 is 36.4 Å². The SMILES string of the molecule is COC1(C(=O)Nc2ccc(CN3CCCCC3C)cc2)CCNCC1.Cl.Cl. The summed E-state index contributed by atoms with van der Waals surface area (Å²) in [6.07, 6.45) is 5.36. The summed E-state index contributed by atoms with van der Waals surface area (Å²) in [6, 6.07) is 8.92. The lowest BCUT2D eigenvalue weighted by Gasteiger charge is -2.34. The Hall–Kier alpha value is -0.850. The van der Waals surface area contributed by atoms with Gasteiger partial charge in [0.05, 0.1) is 0 Å². The summed E-state index contributed by atoms with van der Waals surface area (Å²) in [5.74, 6) is -0.0334. The van der Waals surface area contributed by atoms with Crippen LogP contribution in [0.15, 0.2) is 24.3 Å². The van der Waals surface area contributed by atoms with Crippen LogP contribution in [-0.2, 0) is 16.1 Å². The molecule has 0 saturated carbocycles. The number of piperidine rings is 2. The quantitative estimate of drug-likeness (QED) is 0.767. The summed E-state index contributed by atoms with van der Waals surface area (Å²) in [5.41, 5.74) is 1.44. The van der Waals surface area contributed by atoms with Gasteiger partial charge in [-0.3, -0.25) is 9.69 Å². The van der Waals surface area contributed by atoms with Crippen molar-refractivity contribution < 1.29 is 9.53 Å². The number of ether oxygens (including phenoxy) is 1. The topological polar surface area (TPSA) is 53.6 Å². The highest BCUT2D eigenvalue weighted by Crippen LogP contribution is 2.25. The number of carbonyl (C=O) groups excluding carboxylic acids is 1. The fourth-order valence-electron chi connectivity index (χ4n) is 3.92. The Morgan fingerprint density at radius 2 is 1.89 bits per heavy atom. The highest BCUT2D eigenvalue weighted by molar-refractivity contribution is 5.97. The van der Waals surface area contributed by atoms with Crippen LogP contribution in [0.1, 0.15) is 44.6 Å². The number of likely N-dealkylation sites (tertiary alicyclic amines) is 1. The number of hydrogen-bond acceptors (Lipinski definition) is 4. The molecule has 2 fully saturated rings. The lowest BCUT2D eigenvalue weighted by atomic mass is 9.91. The Morgan fingerprint density at radius 3 is 2.48 bits per heavy atom. The van der Waals surface area contributed by atoms with Crippen LogP contribution in [0.2, 0.25) is 0 Å². The molecule has 7 heteroatoms. The minimum atomic E-state index is -0.701. The van der Waals surface area contributed by atoms with Gasteiger partial charge in [-0.1, -0.05) is 18.6 Å². The maximum atomic E-state index is 12.7. The van der Waals surface area contributed by atoms with Crippen LogP contribution in [0.25, 0.3) is 0 Å². The molecule has 2 N–H and O–H groups in total.